The van der Waals surface area contributed by atoms with E-state index in [1.165, 1.54) is 4.88 Å². The van der Waals surface area contributed by atoms with Crippen LogP contribution in [0.2, 0.25) is 0 Å². The molecule has 2 aliphatic rings. The number of piperidine rings is 1. The van der Waals surface area contributed by atoms with Gasteiger partial charge in [0.2, 0.25) is 5.91 Å². The largest absolute Gasteiger partial charge is 0.351 e. The van der Waals surface area contributed by atoms with E-state index in [9.17, 15) is 9.59 Å². The van der Waals surface area contributed by atoms with Crippen molar-refractivity contribution in [1.29, 1.82) is 0 Å². The van der Waals surface area contributed by atoms with Gasteiger partial charge in [-0.15, -0.1) is 11.3 Å². The van der Waals surface area contributed by atoms with E-state index in [-0.39, 0.29) is 23.1 Å². The molecule has 27 heavy (non-hydrogen) atoms. The summed E-state index contributed by atoms with van der Waals surface area (Å²) in [7, 11) is 0. The number of carbonyl (C=O) groups is 2. The Hall–Kier alpha value is -2.58. The van der Waals surface area contributed by atoms with Crippen LogP contribution in [0.3, 0.4) is 0 Å². The lowest BCUT2D eigenvalue weighted by Gasteiger charge is -2.31. The first-order valence-corrected chi connectivity index (χ1v) is 10.2. The zero-order chi connectivity index (χ0) is 18.7. The molecule has 0 radical (unpaired) electrons. The van der Waals surface area contributed by atoms with Crippen molar-refractivity contribution in [2.75, 3.05) is 13.1 Å². The molecule has 1 aromatic heterocycles. The molecule has 4 rings (SSSR count). The van der Waals surface area contributed by atoms with Gasteiger partial charge in [-0.25, -0.2) is 0 Å². The lowest BCUT2D eigenvalue weighted by atomic mass is 9.90. The topological polar surface area (TPSA) is 49.4 Å². The van der Waals surface area contributed by atoms with E-state index in [0.29, 0.717) is 19.6 Å². The van der Waals surface area contributed by atoms with Gasteiger partial charge in [-0.1, -0.05) is 30.2 Å². The maximum atomic E-state index is 12.4. The number of nitrogens with zero attached hydrogens (tertiary/aromatic N) is 1. The minimum Gasteiger partial charge on any atom is -0.351 e. The number of hydrogen-bond donors (Lipinski definition) is 1. The number of benzene rings is 1. The Morgan fingerprint density at radius 1 is 1.15 bits per heavy atom. The van der Waals surface area contributed by atoms with E-state index in [1.807, 2.05) is 52.7 Å². The summed E-state index contributed by atoms with van der Waals surface area (Å²) in [6.07, 6.45) is 2.73. The second-order valence-electron chi connectivity index (χ2n) is 7.32. The van der Waals surface area contributed by atoms with Crippen LogP contribution in [-0.2, 0) is 16.1 Å². The average Bonchev–Trinajstić information content (AvgIpc) is 3.14. The normalized spacial score (nSPS) is 19.9. The van der Waals surface area contributed by atoms with Gasteiger partial charge in [0.15, 0.2) is 0 Å². The Kier molecular flexibility index (Phi) is 5.00. The monoisotopic (exact) mass is 378 g/mol. The number of amides is 2. The van der Waals surface area contributed by atoms with Gasteiger partial charge in [0, 0.05) is 35.4 Å². The summed E-state index contributed by atoms with van der Waals surface area (Å²) in [5.74, 6) is 5.82. The molecule has 1 saturated heterocycles. The van der Waals surface area contributed by atoms with Gasteiger partial charge < -0.3 is 10.2 Å². The first-order chi connectivity index (χ1) is 13.2. The van der Waals surface area contributed by atoms with Gasteiger partial charge in [-0.3, -0.25) is 9.59 Å². The second-order valence-corrected chi connectivity index (χ2v) is 8.36. The van der Waals surface area contributed by atoms with Crippen molar-refractivity contribution < 1.29 is 9.59 Å². The van der Waals surface area contributed by atoms with Gasteiger partial charge in [0.25, 0.3) is 5.91 Å². The molecule has 1 spiro atoms. The van der Waals surface area contributed by atoms with Gasteiger partial charge in [-0.05, 0) is 48.3 Å². The van der Waals surface area contributed by atoms with Crippen LogP contribution in [0.15, 0.2) is 47.8 Å². The molecule has 2 fully saturated rings. The highest BCUT2D eigenvalue weighted by Crippen LogP contribution is 2.59. The average molecular weight is 378 g/mol. The maximum Gasteiger partial charge on any atom is 0.298 e. The summed E-state index contributed by atoms with van der Waals surface area (Å²) < 4.78 is 0. The summed E-state index contributed by atoms with van der Waals surface area (Å²) >= 11 is 1.66. The van der Waals surface area contributed by atoms with Crippen molar-refractivity contribution in [3.63, 3.8) is 0 Å². The molecule has 5 heteroatoms. The molecule has 1 aliphatic heterocycles. The number of hydrogen-bond acceptors (Lipinski definition) is 3. The number of rotatable bonds is 3. The Morgan fingerprint density at radius 2 is 1.93 bits per heavy atom. The zero-order valence-corrected chi connectivity index (χ0v) is 15.9. The van der Waals surface area contributed by atoms with E-state index in [0.717, 1.165) is 24.8 Å². The highest BCUT2D eigenvalue weighted by atomic mass is 32.1. The third-order valence-electron chi connectivity index (χ3n) is 5.66. The van der Waals surface area contributed by atoms with Crippen LogP contribution in [0.25, 0.3) is 0 Å². The van der Waals surface area contributed by atoms with E-state index >= 15 is 0 Å². The van der Waals surface area contributed by atoms with Gasteiger partial charge in [-0.2, -0.15) is 0 Å². The summed E-state index contributed by atoms with van der Waals surface area (Å²) in [6.45, 7) is 2.00. The molecule has 0 bridgehead atoms. The van der Waals surface area contributed by atoms with Crippen molar-refractivity contribution in [3.05, 3.63) is 58.3 Å². The molecule has 2 amide bonds. The minimum absolute atomic E-state index is 0.100. The molecule has 138 valence electrons. The fourth-order valence-electron chi connectivity index (χ4n) is 3.86. The summed E-state index contributed by atoms with van der Waals surface area (Å²) in [4.78, 5) is 27.8. The molecule has 4 nitrogen and oxygen atoms in total. The van der Waals surface area contributed by atoms with Gasteiger partial charge in [0.1, 0.15) is 0 Å². The standard InChI is InChI=1S/C22H22N2O2S/c25-20(9-8-17-5-2-1-3-6-17)24-12-10-22(11-13-24)15-19(22)21(26)23-16-18-7-4-14-27-18/h1-7,14,19H,10-13,15-16H2,(H,23,26)/t19-/m1/s1. The number of nitrogens with one attached hydrogen (secondary N) is 1. The van der Waals surface area contributed by atoms with Crippen LogP contribution in [0.4, 0.5) is 0 Å². The van der Waals surface area contributed by atoms with Crippen LogP contribution < -0.4 is 5.32 Å². The molecular weight excluding hydrogens is 356 g/mol. The molecule has 1 N–H and O–H groups in total. The summed E-state index contributed by atoms with van der Waals surface area (Å²) in [5.41, 5.74) is 0.951. The SMILES string of the molecule is O=C(NCc1cccs1)[C@H]1CC12CCN(C(=O)C#Cc1ccccc1)CC2. The van der Waals surface area contributed by atoms with Crippen LogP contribution in [-0.4, -0.2) is 29.8 Å². The van der Waals surface area contributed by atoms with E-state index in [2.05, 4.69) is 17.2 Å². The molecule has 1 saturated carbocycles. The fraction of sp³-hybridized carbons (Fsp3) is 0.364. The van der Waals surface area contributed by atoms with Crippen LogP contribution in [0.5, 0.6) is 0 Å². The molecule has 0 unspecified atom stereocenters. The molecule has 2 heterocycles. The molecule has 1 aromatic carbocycles. The van der Waals surface area contributed by atoms with E-state index in [4.69, 9.17) is 0 Å². The zero-order valence-electron chi connectivity index (χ0n) is 15.1. The van der Waals surface area contributed by atoms with Gasteiger partial charge >= 0.3 is 0 Å². The highest BCUT2D eigenvalue weighted by molar-refractivity contribution is 7.09. The predicted molar refractivity (Wildman–Crippen MR) is 106 cm³/mol. The highest BCUT2D eigenvalue weighted by Gasteiger charge is 2.58. The van der Waals surface area contributed by atoms with E-state index < -0.39 is 0 Å². The van der Waals surface area contributed by atoms with Crippen LogP contribution in [0.1, 0.15) is 29.7 Å². The van der Waals surface area contributed by atoms with Crippen molar-refractivity contribution >= 4 is 23.2 Å². The number of likely N-dealkylation sites (tertiary alicyclic amines) is 1. The first kappa shape index (κ1) is 17.8. The third-order valence-corrected chi connectivity index (χ3v) is 6.53. The quantitative estimate of drug-likeness (QED) is 0.835. The van der Waals surface area contributed by atoms with Crippen LogP contribution >= 0.6 is 11.3 Å². The Labute approximate surface area is 163 Å². The first-order valence-electron chi connectivity index (χ1n) is 9.32. The number of carbonyl (C=O) groups excluding carboxylic acids is 2. The fourth-order valence-corrected chi connectivity index (χ4v) is 4.51. The van der Waals surface area contributed by atoms with Crippen molar-refractivity contribution in [2.24, 2.45) is 11.3 Å². The second kappa shape index (κ2) is 7.58. The summed E-state index contributed by atoms with van der Waals surface area (Å²) in [6, 6.07) is 13.6. The molecule has 2 aromatic rings. The Bertz CT molecular complexity index is 872. The van der Waals surface area contributed by atoms with Crippen LogP contribution in [0, 0.1) is 23.2 Å². The predicted octanol–water partition coefficient (Wildman–Crippen LogP) is 3.04. The van der Waals surface area contributed by atoms with Crippen molar-refractivity contribution in [2.45, 2.75) is 25.8 Å². The number of thiophene rings is 1. The van der Waals surface area contributed by atoms with Crippen molar-refractivity contribution in [1.82, 2.24) is 10.2 Å². The molecule has 1 atom stereocenters. The molecular formula is C22H22N2O2S. The lowest BCUT2D eigenvalue weighted by molar-refractivity contribution is -0.127. The lowest BCUT2D eigenvalue weighted by Crippen LogP contribution is -2.40. The third kappa shape index (κ3) is 4.06. The van der Waals surface area contributed by atoms with E-state index in [1.54, 1.807) is 11.3 Å². The van der Waals surface area contributed by atoms with Gasteiger partial charge in [0.05, 0.1) is 6.54 Å². The minimum atomic E-state index is -0.118. The summed E-state index contributed by atoms with van der Waals surface area (Å²) in [5, 5.41) is 5.08. The maximum absolute atomic E-state index is 12.4. The Balaban J connectivity index is 1.26. The Morgan fingerprint density at radius 3 is 2.63 bits per heavy atom. The van der Waals surface area contributed by atoms with Crippen molar-refractivity contribution in [3.8, 4) is 11.8 Å². The molecule has 1 aliphatic carbocycles. The smallest absolute Gasteiger partial charge is 0.298 e.